The Hall–Kier alpha value is -2.21. The molecule has 2 rings (SSSR count). The van der Waals surface area contributed by atoms with Crippen molar-refractivity contribution in [3.63, 3.8) is 0 Å². The fraction of sp³-hybridized carbons (Fsp3) is 0.357. The summed E-state index contributed by atoms with van der Waals surface area (Å²) in [5.41, 5.74) is 1.79. The van der Waals surface area contributed by atoms with Gasteiger partial charge < -0.3 is 24.4 Å². The van der Waals surface area contributed by atoms with E-state index < -0.39 is 0 Å². The normalized spacial score (nSPS) is 10.6. The third kappa shape index (κ3) is 3.21. The zero-order valence-electron chi connectivity index (χ0n) is 11.8. The van der Waals surface area contributed by atoms with Crippen LogP contribution in [-0.4, -0.2) is 24.5 Å². The van der Waals surface area contributed by atoms with Crippen molar-refractivity contribution in [3.05, 3.63) is 35.2 Å². The predicted octanol–water partition coefficient (Wildman–Crippen LogP) is 2.00. The molecular formula is C14H18N2O4. The number of phenols is 1. The number of rotatable bonds is 6. The van der Waals surface area contributed by atoms with Gasteiger partial charge in [0.2, 0.25) is 5.75 Å². The molecule has 108 valence electrons. The summed E-state index contributed by atoms with van der Waals surface area (Å²) < 4.78 is 15.3. The topological polar surface area (TPSA) is 76.8 Å². The van der Waals surface area contributed by atoms with Gasteiger partial charge in [-0.05, 0) is 24.6 Å². The van der Waals surface area contributed by atoms with Crippen LogP contribution in [0.15, 0.2) is 22.7 Å². The van der Waals surface area contributed by atoms with Gasteiger partial charge in [-0.3, -0.25) is 0 Å². The number of methoxy groups -OCH3 is 2. The molecule has 0 aliphatic heterocycles. The Bertz CT molecular complexity index is 555. The molecule has 0 spiro atoms. The number of hydrogen-bond donors (Lipinski definition) is 2. The van der Waals surface area contributed by atoms with E-state index in [0.29, 0.717) is 24.6 Å². The van der Waals surface area contributed by atoms with E-state index in [1.54, 1.807) is 12.1 Å². The Labute approximate surface area is 117 Å². The highest BCUT2D eigenvalue weighted by Crippen LogP contribution is 2.36. The smallest absolute Gasteiger partial charge is 0.200 e. The van der Waals surface area contributed by atoms with E-state index in [9.17, 15) is 5.11 Å². The summed E-state index contributed by atoms with van der Waals surface area (Å²) in [5.74, 6) is 1.55. The molecule has 0 aliphatic carbocycles. The fourth-order valence-electron chi connectivity index (χ4n) is 1.88. The number of nitrogens with zero attached hydrogens (tertiary/aromatic N) is 1. The van der Waals surface area contributed by atoms with Crippen LogP contribution in [0.4, 0.5) is 0 Å². The highest BCUT2D eigenvalue weighted by atomic mass is 16.5. The zero-order chi connectivity index (χ0) is 14.5. The van der Waals surface area contributed by atoms with Gasteiger partial charge in [-0.15, -0.1) is 0 Å². The summed E-state index contributed by atoms with van der Waals surface area (Å²) in [6.45, 7) is 3.04. The van der Waals surface area contributed by atoms with Crippen LogP contribution >= 0.6 is 0 Å². The second-order valence-electron chi connectivity index (χ2n) is 4.39. The molecule has 0 saturated heterocycles. The lowest BCUT2D eigenvalue weighted by molar-refractivity contribution is 0.338. The molecule has 1 aromatic carbocycles. The molecule has 0 unspecified atom stereocenters. The van der Waals surface area contributed by atoms with E-state index in [4.69, 9.17) is 14.0 Å². The van der Waals surface area contributed by atoms with E-state index >= 15 is 0 Å². The molecule has 0 atom stereocenters. The molecule has 6 nitrogen and oxygen atoms in total. The molecule has 0 bridgehead atoms. The summed E-state index contributed by atoms with van der Waals surface area (Å²) in [7, 11) is 3.01. The van der Waals surface area contributed by atoms with Crippen LogP contribution in [0.3, 0.4) is 0 Å². The monoisotopic (exact) mass is 278 g/mol. The van der Waals surface area contributed by atoms with Crippen LogP contribution in [0.25, 0.3) is 0 Å². The molecular weight excluding hydrogens is 260 g/mol. The summed E-state index contributed by atoms with van der Waals surface area (Å²) in [6.07, 6.45) is 0. The predicted molar refractivity (Wildman–Crippen MR) is 73.0 cm³/mol. The van der Waals surface area contributed by atoms with Crippen molar-refractivity contribution in [1.29, 1.82) is 0 Å². The van der Waals surface area contributed by atoms with Crippen LogP contribution < -0.4 is 14.8 Å². The second kappa shape index (κ2) is 6.29. The van der Waals surface area contributed by atoms with E-state index in [1.165, 1.54) is 14.2 Å². The molecule has 0 amide bonds. The van der Waals surface area contributed by atoms with Crippen LogP contribution in [0.5, 0.6) is 17.2 Å². The van der Waals surface area contributed by atoms with E-state index in [1.807, 2.05) is 13.0 Å². The molecule has 20 heavy (non-hydrogen) atoms. The lowest BCUT2D eigenvalue weighted by Crippen LogP contribution is -2.12. The minimum absolute atomic E-state index is 0.00427. The maximum Gasteiger partial charge on any atom is 0.200 e. The van der Waals surface area contributed by atoms with Crippen molar-refractivity contribution in [2.24, 2.45) is 0 Å². The average molecular weight is 278 g/mol. The van der Waals surface area contributed by atoms with Crippen molar-refractivity contribution in [1.82, 2.24) is 10.5 Å². The summed E-state index contributed by atoms with van der Waals surface area (Å²) in [6, 6.07) is 5.40. The van der Waals surface area contributed by atoms with E-state index in [-0.39, 0.29) is 5.75 Å². The third-order valence-corrected chi connectivity index (χ3v) is 2.84. The van der Waals surface area contributed by atoms with Gasteiger partial charge >= 0.3 is 0 Å². The molecule has 6 heteroatoms. The van der Waals surface area contributed by atoms with E-state index in [0.717, 1.165) is 17.0 Å². The van der Waals surface area contributed by atoms with Gasteiger partial charge in [0.1, 0.15) is 0 Å². The SMILES string of the molecule is COc1cc(CNCc2cc(C)no2)cc(OC)c1O. The first-order chi connectivity index (χ1) is 9.63. The molecule has 1 aromatic heterocycles. The Kier molecular flexibility index (Phi) is 4.47. The van der Waals surface area contributed by atoms with Crippen molar-refractivity contribution < 1.29 is 19.1 Å². The van der Waals surface area contributed by atoms with Crippen molar-refractivity contribution in [2.45, 2.75) is 20.0 Å². The van der Waals surface area contributed by atoms with E-state index in [2.05, 4.69) is 10.5 Å². The Morgan fingerprint density at radius 1 is 1.15 bits per heavy atom. The lowest BCUT2D eigenvalue weighted by atomic mass is 10.2. The van der Waals surface area contributed by atoms with Gasteiger partial charge in [-0.2, -0.15) is 0 Å². The van der Waals surface area contributed by atoms with Crippen molar-refractivity contribution in [3.8, 4) is 17.2 Å². The molecule has 0 aliphatic rings. The summed E-state index contributed by atoms with van der Waals surface area (Å²) in [5, 5.41) is 16.9. The minimum Gasteiger partial charge on any atom is -0.502 e. The first kappa shape index (κ1) is 14.2. The zero-order valence-corrected chi connectivity index (χ0v) is 11.8. The third-order valence-electron chi connectivity index (χ3n) is 2.84. The van der Waals surface area contributed by atoms with Crippen molar-refractivity contribution >= 4 is 0 Å². The molecule has 2 aromatic rings. The number of aromatic hydroxyl groups is 1. The molecule has 0 radical (unpaired) electrons. The lowest BCUT2D eigenvalue weighted by Gasteiger charge is -2.11. The first-order valence-electron chi connectivity index (χ1n) is 6.20. The number of phenolic OH excluding ortho intramolecular Hbond substituents is 1. The van der Waals surface area contributed by atoms with Crippen molar-refractivity contribution in [2.75, 3.05) is 14.2 Å². The number of aryl methyl sites for hydroxylation is 1. The highest BCUT2D eigenvalue weighted by molar-refractivity contribution is 5.52. The number of benzene rings is 1. The number of hydrogen-bond acceptors (Lipinski definition) is 6. The number of aromatic nitrogens is 1. The highest BCUT2D eigenvalue weighted by Gasteiger charge is 2.11. The van der Waals surface area contributed by atoms with Gasteiger partial charge in [0.15, 0.2) is 17.3 Å². The minimum atomic E-state index is 0.00427. The molecule has 0 saturated carbocycles. The molecule has 1 heterocycles. The van der Waals surface area contributed by atoms with Crippen LogP contribution in [0, 0.1) is 6.92 Å². The Morgan fingerprint density at radius 3 is 2.30 bits per heavy atom. The molecule has 2 N–H and O–H groups in total. The summed E-state index contributed by atoms with van der Waals surface area (Å²) in [4.78, 5) is 0. The standard InChI is InChI=1S/C14H18N2O4/c1-9-4-11(20-16-9)8-15-7-10-5-12(18-2)14(17)13(6-10)19-3/h4-6,15,17H,7-8H2,1-3H3. The van der Waals surface area contributed by atoms with Gasteiger partial charge in [0.05, 0.1) is 26.5 Å². The van der Waals surface area contributed by atoms with Gasteiger partial charge in [-0.1, -0.05) is 5.16 Å². The van der Waals surface area contributed by atoms with Gasteiger partial charge in [-0.25, -0.2) is 0 Å². The van der Waals surface area contributed by atoms with Crippen LogP contribution in [-0.2, 0) is 13.1 Å². The Morgan fingerprint density at radius 2 is 1.80 bits per heavy atom. The Balaban J connectivity index is 2.02. The number of ether oxygens (including phenoxy) is 2. The second-order valence-corrected chi connectivity index (χ2v) is 4.39. The summed E-state index contributed by atoms with van der Waals surface area (Å²) >= 11 is 0. The van der Waals surface area contributed by atoms with Crippen LogP contribution in [0.1, 0.15) is 17.0 Å². The van der Waals surface area contributed by atoms with Gasteiger partial charge in [0.25, 0.3) is 0 Å². The fourth-order valence-corrected chi connectivity index (χ4v) is 1.88. The number of nitrogens with one attached hydrogen (secondary N) is 1. The molecule has 0 fully saturated rings. The van der Waals surface area contributed by atoms with Gasteiger partial charge in [0, 0.05) is 12.6 Å². The maximum absolute atomic E-state index is 9.83. The average Bonchev–Trinajstić information content (AvgIpc) is 2.86. The maximum atomic E-state index is 9.83. The quantitative estimate of drug-likeness (QED) is 0.841. The first-order valence-corrected chi connectivity index (χ1v) is 6.20. The largest absolute Gasteiger partial charge is 0.502 e. The van der Waals surface area contributed by atoms with Crippen LogP contribution in [0.2, 0.25) is 0 Å².